The number of fused-ring (bicyclic) bond motifs is 2. The maximum Gasteiger partial charge on any atom is 0.198 e. The summed E-state index contributed by atoms with van der Waals surface area (Å²) in [6.45, 7) is 0. The molecule has 0 aromatic heterocycles. The van der Waals surface area contributed by atoms with Gasteiger partial charge in [-0.1, -0.05) is 48.5 Å². The molecule has 96 valence electrons. The number of hydrogen-bond donors (Lipinski definition) is 0. The third-order valence-corrected chi connectivity index (χ3v) is 3.90. The smallest absolute Gasteiger partial charge is 0.198 e. The Hall–Kier alpha value is -2.61. The molecule has 0 radical (unpaired) electrons. The molecule has 0 heterocycles. The molecule has 0 unspecified atom stereocenters. The fourth-order valence-corrected chi connectivity index (χ4v) is 3.03. The van der Waals surface area contributed by atoms with Crippen LogP contribution in [0.2, 0.25) is 0 Å². The molecule has 2 nitrogen and oxygen atoms in total. The SMILES string of the molecule is COc1cc2ccccc3c4ccccc4c(=O)c1c23. The molecule has 0 fully saturated rings. The lowest BCUT2D eigenvalue weighted by Crippen LogP contribution is -2.02. The van der Waals surface area contributed by atoms with Crippen molar-refractivity contribution in [3.8, 4) is 5.75 Å². The van der Waals surface area contributed by atoms with Crippen LogP contribution in [0.3, 0.4) is 0 Å². The topological polar surface area (TPSA) is 26.3 Å². The van der Waals surface area contributed by atoms with Gasteiger partial charge >= 0.3 is 0 Å². The highest BCUT2D eigenvalue weighted by Crippen LogP contribution is 2.36. The van der Waals surface area contributed by atoms with E-state index in [4.69, 9.17) is 4.74 Å². The van der Waals surface area contributed by atoms with Crippen molar-refractivity contribution in [2.24, 2.45) is 0 Å². The Bertz CT molecular complexity index is 1000. The summed E-state index contributed by atoms with van der Waals surface area (Å²) in [6, 6.07) is 17.8. The maximum absolute atomic E-state index is 12.8. The first-order chi connectivity index (χ1) is 9.81. The first-order valence-corrected chi connectivity index (χ1v) is 6.55. The van der Waals surface area contributed by atoms with Crippen LogP contribution >= 0.6 is 0 Å². The van der Waals surface area contributed by atoms with Crippen LogP contribution in [0.15, 0.2) is 59.4 Å². The Kier molecular flexibility index (Phi) is 2.21. The van der Waals surface area contributed by atoms with Gasteiger partial charge in [0.25, 0.3) is 0 Å². The molecule has 4 rings (SSSR count). The molecule has 4 aromatic rings. The van der Waals surface area contributed by atoms with E-state index in [0.717, 1.165) is 26.9 Å². The standard InChI is InChI=1S/C18H12O2/c1-20-15-10-11-6-2-3-8-13-12-7-4-5-9-14(12)18(19)17(15)16(11)13/h2-10H,1H3. The van der Waals surface area contributed by atoms with Crippen molar-refractivity contribution < 1.29 is 4.74 Å². The van der Waals surface area contributed by atoms with Crippen molar-refractivity contribution >= 4 is 32.3 Å². The van der Waals surface area contributed by atoms with Crippen molar-refractivity contribution in [2.45, 2.75) is 0 Å². The van der Waals surface area contributed by atoms with Gasteiger partial charge in [-0.2, -0.15) is 0 Å². The van der Waals surface area contributed by atoms with Crippen molar-refractivity contribution in [1.82, 2.24) is 0 Å². The summed E-state index contributed by atoms with van der Waals surface area (Å²) in [6.07, 6.45) is 0. The van der Waals surface area contributed by atoms with Gasteiger partial charge in [-0.15, -0.1) is 0 Å². The summed E-state index contributed by atoms with van der Waals surface area (Å²) in [5.74, 6) is 0.659. The number of rotatable bonds is 1. The van der Waals surface area contributed by atoms with Crippen molar-refractivity contribution in [2.75, 3.05) is 7.11 Å². The third-order valence-electron chi connectivity index (χ3n) is 3.90. The second-order valence-electron chi connectivity index (χ2n) is 4.92. The highest BCUT2D eigenvalue weighted by molar-refractivity contribution is 6.23. The second-order valence-corrected chi connectivity index (χ2v) is 4.92. The Morgan fingerprint density at radius 3 is 2.20 bits per heavy atom. The summed E-state index contributed by atoms with van der Waals surface area (Å²) < 4.78 is 5.41. The van der Waals surface area contributed by atoms with Crippen LogP contribution < -0.4 is 10.2 Å². The highest BCUT2D eigenvalue weighted by atomic mass is 16.5. The third kappa shape index (κ3) is 1.31. The van der Waals surface area contributed by atoms with E-state index < -0.39 is 0 Å². The minimum atomic E-state index is 0.0474. The molecule has 4 aromatic carbocycles. The van der Waals surface area contributed by atoms with E-state index in [1.165, 1.54) is 0 Å². The average molecular weight is 260 g/mol. The molecule has 0 N–H and O–H groups in total. The summed E-state index contributed by atoms with van der Waals surface area (Å²) in [5, 5.41) is 5.57. The minimum absolute atomic E-state index is 0.0474. The van der Waals surface area contributed by atoms with E-state index in [1.807, 2.05) is 48.5 Å². The monoisotopic (exact) mass is 260 g/mol. The second kappa shape index (κ2) is 3.94. The Balaban J connectivity index is 2.49. The molecule has 0 aliphatic heterocycles. The lowest BCUT2D eigenvalue weighted by atomic mass is 10.0. The first kappa shape index (κ1) is 11.2. The van der Waals surface area contributed by atoms with Crippen molar-refractivity contribution in [3.05, 3.63) is 64.8 Å². The zero-order chi connectivity index (χ0) is 13.7. The molecule has 0 aliphatic rings. The molecule has 0 amide bonds. The van der Waals surface area contributed by atoms with Crippen LogP contribution in [-0.2, 0) is 0 Å². The van der Waals surface area contributed by atoms with E-state index in [-0.39, 0.29) is 5.43 Å². The molecular formula is C18H12O2. The van der Waals surface area contributed by atoms with Crippen LogP contribution in [0.1, 0.15) is 0 Å². The van der Waals surface area contributed by atoms with E-state index in [9.17, 15) is 4.79 Å². The van der Waals surface area contributed by atoms with Gasteiger partial charge in [0.15, 0.2) is 5.43 Å². The number of benzene rings is 2. The van der Waals surface area contributed by atoms with E-state index in [2.05, 4.69) is 6.07 Å². The molecule has 0 saturated heterocycles. The Morgan fingerprint density at radius 2 is 1.45 bits per heavy atom. The Labute approximate surface area is 115 Å². The lowest BCUT2D eigenvalue weighted by Gasteiger charge is -2.03. The van der Waals surface area contributed by atoms with Gasteiger partial charge in [0.2, 0.25) is 0 Å². The number of hydrogen-bond acceptors (Lipinski definition) is 2. The Morgan fingerprint density at radius 1 is 0.800 bits per heavy atom. The predicted octanol–water partition coefficient (Wildman–Crippen LogP) is 3.95. The summed E-state index contributed by atoms with van der Waals surface area (Å²) in [5.41, 5.74) is 0.0474. The molecule has 0 aliphatic carbocycles. The maximum atomic E-state index is 12.8. The molecule has 2 heteroatoms. The average Bonchev–Trinajstić information content (AvgIpc) is 2.73. The quantitative estimate of drug-likeness (QED) is 0.518. The van der Waals surface area contributed by atoms with Gasteiger partial charge in [-0.25, -0.2) is 0 Å². The molecule has 0 spiro atoms. The molecule has 0 bridgehead atoms. The first-order valence-electron chi connectivity index (χ1n) is 6.55. The molecule has 20 heavy (non-hydrogen) atoms. The normalized spacial score (nSPS) is 11.4. The van der Waals surface area contributed by atoms with Crippen molar-refractivity contribution in [3.63, 3.8) is 0 Å². The fourth-order valence-electron chi connectivity index (χ4n) is 3.03. The minimum Gasteiger partial charge on any atom is -0.496 e. The van der Waals surface area contributed by atoms with Gasteiger partial charge in [-0.3, -0.25) is 4.79 Å². The largest absolute Gasteiger partial charge is 0.496 e. The van der Waals surface area contributed by atoms with Gasteiger partial charge in [-0.05, 0) is 22.2 Å². The van der Waals surface area contributed by atoms with Gasteiger partial charge in [0.1, 0.15) is 5.75 Å². The summed E-state index contributed by atoms with van der Waals surface area (Å²) in [4.78, 5) is 12.8. The van der Waals surface area contributed by atoms with Gasteiger partial charge in [0, 0.05) is 10.8 Å². The van der Waals surface area contributed by atoms with E-state index in [1.54, 1.807) is 7.11 Å². The summed E-state index contributed by atoms with van der Waals surface area (Å²) >= 11 is 0. The van der Waals surface area contributed by atoms with E-state index >= 15 is 0 Å². The highest BCUT2D eigenvalue weighted by Gasteiger charge is 2.16. The van der Waals surface area contributed by atoms with Crippen molar-refractivity contribution in [1.29, 1.82) is 0 Å². The fraction of sp³-hybridized carbons (Fsp3) is 0.0556. The molecule has 0 saturated carbocycles. The zero-order valence-electron chi connectivity index (χ0n) is 11.0. The number of ether oxygens (including phenoxy) is 1. The molecule has 0 atom stereocenters. The van der Waals surface area contributed by atoms with Crippen LogP contribution in [0.25, 0.3) is 32.3 Å². The summed E-state index contributed by atoms with van der Waals surface area (Å²) in [7, 11) is 1.61. The van der Waals surface area contributed by atoms with Crippen LogP contribution in [-0.4, -0.2) is 7.11 Å². The molecular weight excluding hydrogens is 248 g/mol. The van der Waals surface area contributed by atoms with E-state index in [0.29, 0.717) is 11.1 Å². The van der Waals surface area contributed by atoms with Crippen LogP contribution in [0.4, 0.5) is 0 Å². The van der Waals surface area contributed by atoms with Gasteiger partial charge < -0.3 is 4.74 Å². The predicted molar refractivity (Wildman–Crippen MR) is 83.0 cm³/mol. The van der Waals surface area contributed by atoms with Crippen LogP contribution in [0, 0.1) is 0 Å². The van der Waals surface area contributed by atoms with Gasteiger partial charge in [0.05, 0.1) is 12.5 Å². The lowest BCUT2D eigenvalue weighted by molar-refractivity contribution is 0.421. The zero-order valence-corrected chi connectivity index (χ0v) is 11.0. The van der Waals surface area contributed by atoms with Crippen LogP contribution in [0.5, 0.6) is 5.75 Å². The number of methoxy groups -OCH3 is 1.